The third-order valence-corrected chi connectivity index (χ3v) is 3.17. The largest absolute Gasteiger partial charge is 0.478 e. The van der Waals surface area contributed by atoms with Crippen molar-refractivity contribution in [1.29, 1.82) is 0 Å². The third-order valence-electron chi connectivity index (χ3n) is 1.49. The van der Waals surface area contributed by atoms with Gasteiger partial charge in [-0.2, -0.15) is 0 Å². The zero-order valence-electron chi connectivity index (χ0n) is 7.37. The second kappa shape index (κ2) is 5.82. The molecule has 1 aromatic heterocycles. The molecule has 0 saturated heterocycles. The monoisotopic (exact) mass is 275 g/mol. The van der Waals surface area contributed by atoms with Gasteiger partial charge in [0.15, 0.2) is 0 Å². The molecule has 3 nitrogen and oxygen atoms in total. The molecule has 0 fully saturated rings. The molecule has 0 saturated carbocycles. The van der Waals surface area contributed by atoms with Crippen molar-refractivity contribution in [1.82, 2.24) is 5.32 Å². The number of thiophene rings is 1. The first-order valence-electron chi connectivity index (χ1n) is 4.05. The molecule has 1 rings (SSSR count). The molecule has 14 heavy (non-hydrogen) atoms. The van der Waals surface area contributed by atoms with Crippen LogP contribution in [0.5, 0.6) is 0 Å². The summed E-state index contributed by atoms with van der Waals surface area (Å²) < 4.78 is 1.12. The lowest BCUT2D eigenvalue weighted by atomic mass is 10.3. The van der Waals surface area contributed by atoms with Crippen molar-refractivity contribution in [3.63, 3.8) is 0 Å². The number of halogens is 1. The van der Waals surface area contributed by atoms with Gasteiger partial charge in [0.05, 0.1) is 3.79 Å². The van der Waals surface area contributed by atoms with Crippen molar-refractivity contribution in [3.8, 4) is 0 Å². The molecular weight excluding hydrogens is 266 g/mol. The molecule has 0 aliphatic heterocycles. The standard InChI is InChI=1S/C9H10BrNO2S/c10-8-2-1-7(14-8)3-5-11-6-4-9(12)13/h1-2,4,6,11H,3,5H2,(H,12,13)/b6-4+. The van der Waals surface area contributed by atoms with Crippen LogP contribution in [0.3, 0.4) is 0 Å². The number of rotatable bonds is 5. The average molecular weight is 276 g/mol. The minimum atomic E-state index is -0.934. The van der Waals surface area contributed by atoms with E-state index >= 15 is 0 Å². The van der Waals surface area contributed by atoms with E-state index in [4.69, 9.17) is 5.11 Å². The van der Waals surface area contributed by atoms with Crippen LogP contribution in [0.25, 0.3) is 0 Å². The van der Waals surface area contributed by atoms with Crippen LogP contribution in [0.2, 0.25) is 0 Å². The summed E-state index contributed by atoms with van der Waals surface area (Å²) in [6.45, 7) is 0.747. The molecule has 0 aliphatic carbocycles. The molecule has 1 aromatic rings. The summed E-state index contributed by atoms with van der Waals surface area (Å²) in [6, 6.07) is 4.06. The summed E-state index contributed by atoms with van der Waals surface area (Å²) >= 11 is 5.07. The molecule has 2 N–H and O–H groups in total. The van der Waals surface area contributed by atoms with E-state index in [2.05, 4.69) is 27.3 Å². The van der Waals surface area contributed by atoms with Gasteiger partial charge in [0.25, 0.3) is 0 Å². The predicted octanol–water partition coefficient (Wildman–Crippen LogP) is 2.24. The van der Waals surface area contributed by atoms with Gasteiger partial charge < -0.3 is 10.4 Å². The highest BCUT2D eigenvalue weighted by Gasteiger charge is 1.95. The van der Waals surface area contributed by atoms with Crippen LogP contribution >= 0.6 is 27.3 Å². The molecule has 1 heterocycles. The molecule has 0 amide bonds. The lowest BCUT2D eigenvalue weighted by molar-refractivity contribution is -0.131. The molecule has 5 heteroatoms. The quantitative estimate of drug-likeness (QED) is 0.640. The molecule has 0 radical (unpaired) electrons. The minimum Gasteiger partial charge on any atom is -0.478 e. The van der Waals surface area contributed by atoms with E-state index in [0.717, 1.165) is 22.8 Å². The average Bonchev–Trinajstić information content (AvgIpc) is 2.50. The zero-order valence-corrected chi connectivity index (χ0v) is 9.77. The van der Waals surface area contributed by atoms with Crippen molar-refractivity contribution in [2.75, 3.05) is 6.54 Å². The summed E-state index contributed by atoms with van der Waals surface area (Å²) in [6.07, 6.45) is 3.44. The van der Waals surface area contributed by atoms with E-state index in [1.54, 1.807) is 11.3 Å². The van der Waals surface area contributed by atoms with Crippen LogP contribution in [0, 0.1) is 0 Å². The lowest BCUT2D eigenvalue weighted by Gasteiger charge is -1.96. The first-order chi connectivity index (χ1) is 6.68. The van der Waals surface area contributed by atoms with Crippen molar-refractivity contribution >= 4 is 33.2 Å². The van der Waals surface area contributed by atoms with Gasteiger partial charge in [0.2, 0.25) is 0 Å². The fourth-order valence-corrected chi connectivity index (χ4v) is 2.38. The molecular formula is C9H10BrNO2S. The summed E-state index contributed by atoms with van der Waals surface area (Å²) in [5, 5.41) is 11.2. The van der Waals surface area contributed by atoms with Crippen LogP contribution in [-0.2, 0) is 11.2 Å². The number of carbonyl (C=O) groups is 1. The summed E-state index contributed by atoms with van der Waals surface area (Å²) in [4.78, 5) is 11.4. The van der Waals surface area contributed by atoms with Gasteiger partial charge in [-0.3, -0.25) is 0 Å². The maximum Gasteiger partial charge on any atom is 0.329 e. The summed E-state index contributed by atoms with van der Waals surface area (Å²) in [5.74, 6) is -0.934. The van der Waals surface area contributed by atoms with Gasteiger partial charge in [-0.1, -0.05) is 0 Å². The molecule has 0 atom stereocenters. The number of hydrogen-bond donors (Lipinski definition) is 2. The smallest absolute Gasteiger partial charge is 0.329 e. The normalized spacial score (nSPS) is 10.6. The number of carboxylic acid groups (broad SMARTS) is 1. The van der Waals surface area contributed by atoms with Gasteiger partial charge in [-0.15, -0.1) is 11.3 Å². The molecule has 0 aliphatic rings. The Kier molecular flexibility index (Phi) is 4.69. The van der Waals surface area contributed by atoms with E-state index in [0.29, 0.717) is 0 Å². The second-order valence-corrected chi connectivity index (χ2v) is 5.13. The van der Waals surface area contributed by atoms with E-state index in [1.165, 1.54) is 11.1 Å². The van der Waals surface area contributed by atoms with Crippen molar-refractivity contribution in [2.45, 2.75) is 6.42 Å². The fourth-order valence-electron chi connectivity index (χ4n) is 0.895. The first kappa shape index (κ1) is 11.3. The SMILES string of the molecule is O=C(O)/C=C/NCCc1ccc(Br)s1. The fraction of sp³-hybridized carbons (Fsp3) is 0.222. The van der Waals surface area contributed by atoms with Crippen LogP contribution in [0.15, 0.2) is 28.2 Å². The van der Waals surface area contributed by atoms with Crippen molar-refractivity contribution in [3.05, 3.63) is 33.1 Å². The number of nitrogens with one attached hydrogen (secondary N) is 1. The Hall–Kier alpha value is -0.810. The van der Waals surface area contributed by atoms with Gasteiger partial charge in [0, 0.05) is 23.7 Å². The van der Waals surface area contributed by atoms with Crippen LogP contribution < -0.4 is 5.32 Å². The van der Waals surface area contributed by atoms with E-state index in [1.807, 2.05) is 6.07 Å². The summed E-state index contributed by atoms with van der Waals surface area (Å²) in [5.41, 5.74) is 0. The second-order valence-electron chi connectivity index (χ2n) is 2.58. The Bertz CT molecular complexity index is 335. The molecule has 0 unspecified atom stereocenters. The van der Waals surface area contributed by atoms with Crippen molar-refractivity contribution < 1.29 is 9.90 Å². The number of hydrogen-bond acceptors (Lipinski definition) is 3. The molecule has 0 aromatic carbocycles. The van der Waals surface area contributed by atoms with Crippen LogP contribution in [0.1, 0.15) is 4.88 Å². The maximum absolute atomic E-state index is 10.1. The van der Waals surface area contributed by atoms with E-state index < -0.39 is 5.97 Å². The number of aliphatic carboxylic acids is 1. The maximum atomic E-state index is 10.1. The molecule has 76 valence electrons. The minimum absolute atomic E-state index is 0.747. The third kappa shape index (κ3) is 4.43. The topological polar surface area (TPSA) is 49.3 Å². The van der Waals surface area contributed by atoms with Crippen molar-refractivity contribution in [2.24, 2.45) is 0 Å². The Morgan fingerprint density at radius 1 is 1.64 bits per heavy atom. The van der Waals surface area contributed by atoms with Gasteiger partial charge >= 0.3 is 5.97 Å². The predicted molar refractivity (Wildman–Crippen MR) is 60.5 cm³/mol. The van der Waals surface area contributed by atoms with Gasteiger partial charge in [-0.05, 0) is 34.5 Å². The lowest BCUT2D eigenvalue weighted by Crippen LogP contribution is -2.09. The molecule has 0 spiro atoms. The van der Waals surface area contributed by atoms with Gasteiger partial charge in [-0.25, -0.2) is 4.79 Å². The highest BCUT2D eigenvalue weighted by molar-refractivity contribution is 9.11. The first-order valence-corrected chi connectivity index (χ1v) is 5.66. The number of carboxylic acids is 1. The Labute approximate surface area is 94.6 Å². The highest BCUT2D eigenvalue weighted by atomic mass is 79.9. The Morgan fingerprint density at radius 3 is 3.00 bits per heavy atom. The van der Waals surface area contributed by atoms with E-state index in [9.17, 15) is 4.79 Å². The van der Waals surface area contributed by atoms with Gasteiger partial charge in [0.1, 0.15) is 0 Å². The van der Waals surface area contributed by atoms with Crippen LogP contribution in [0.4, 0.5) is 0 Å². The Morgan fingerprint density at radius 2 is 2.43 bits per heavy atom. The zero-order chi connectivity index (χ0) is 10.4. The van der Waals surface area contributed by atoms with E-state index in [-0.39, 0.29) is 0 Å². The highest BCUT2D eigenvalue weighted by Crippen LogP contribution is 2.21. The molecule has 0 bridgehead atoms. The van der Waals surface area contributed by atoms with Crippen LogP contribution in [-0.4, -0.2) is 17.6 Å². The summed E-state index contributed by atoms with van der Waals surface area (Å²) in [7, 11) is 0. The Balaban J connectivity index is 2.19.